The van der Waals surface area contributed by atoms with Gasteiger partial charge < -0.3 is 14.8 Å². The van der Waals surface area contributed by atoms with Crippen molar-refractivity contribution < 1.29 is 9.18 Å². The molecule has 0 spiro atoms. The fraction of sp³-hybridized carbons (Fsp3) is 0.357. The van der Waals surface area contributed by atoms with Crippen LogP contribution in [0.1, 0.15) is 67.2 Å². The third-order valence-electron chi connectivity index (χ3n) is 12.2. The van der Waals surface area contributed by atoms with Crippen LogP contribution in [0.25, 0.3) is 44.2 Å². The normalized spacial score (nSPS) is 23.3. The topological polar surface area (TPSA) is 105 Å². The highest BCUT2D eigenvalue weighted by Gasteiger charge is 2.51. The lowest BCUT2D eigenvalue weighted by molar-refractivity contribution is -0.133. The first-order valence-corrected chi connectivity index (χ1v) is 19.5. The molecule has 54 heavy (non-hydrogen) atoms. The van der Waals surface area contributed by atoms with Crippen molar-refractivity contribution in [2.24, 2.45) is 11.8 Å². The van der Waals surface area contributed by atoms with E-state index in [4.69, 9.17) is 28.2 Å². The molecule has 3 aromatic carbocycles. The second kappa shape index (κ2) is 12.9. The number of aromatic nitrogens is 5. The third-order valence-corrected chi connectivity index (χ3v) is 13.0. The number of halogens is 3. The fourth-order valence-electron chi connectivity index (χ4n) is 9.39. The Hall–Kier alpha value is -4.82. The maximum atomic E-state index is 17.3. The highest BCUT2D eigenvalue weighted by Crippen LogP contribution is 2.52. The van der Waals surface area contributed by atoms with Crippen LogP contribution in [0.15, 0.2) is 66.9 Å². The number of hydrogen-bond acceptors (Lipinski definition) is 6. The lowest BCUT2D eigenvalue weighted by atomic mass is 9.79. The molecule has 11 rings (SSSR count). The molecule has 2 aliphatic carbocycles. The average molecular weight is 760 g/mol. The van der Waals surface area contributed by atoms with E-state index in [1.54, 1.807) is 18.2 Å². The lowest BCUT2D eigenvalue weighted by Crippen LogP contribution is -2.41. The van der Waals surface area contributed by atoms with E-state index in [9.17, 15) is 10.1 Å². The number of rotatable bonds is 8. The van der Waals surface area contributed by atoms with Crippen molar-refractivity contribution in [2.75, 3.05) is 13.1 Å². The Morgan fingerprint density at radius 1 is 1.07 bits per heavy atom. The quantitative estimate of drug-likeness (QED) is 0.166. The van der Waals surface area contributed by atoms with Gasteiger partial charge in [-0.2, -0.15) is 5.26 Å². The molecule has 1 N–H and O–H groups in total. The Morgan fingerprint density at radius 3 is 2.65 bits per heavy atom. The molecule has 5 fully saturated rings. The van der Waals surface area contributed by atoms with Gasteiger partial charge in [-0.1, -0.05) is 70.9 Å². The molecule has 3 saturated heterocycles. The smallest absolute Gasteiger partial charge is 0.226 e. The van der Waals surface area contributed by atoms with Gasteiger partial charge in [0.05, 0.1) is 46.0 Å². The number of pyridine rings is 1. The van der Waals surface area contributed by atoms with Crippen molar-refractivity contribution in [1.82, 2.24) is 34.8 Å². The number of nitrogens with one attached hydrogen (secondary N) is 1. The number of aryl methyl sites for hydroxylation is 2. The maximum Gasteiger partial charge on any atom is 0.226 e. The monoisotopic (exact) mass is 758 g/mol. The molecule has 1 amide bonds. The largest absolute Gasteiger partial charge is 0.337 e. The Kier molecular flexibility index (Phi) is 8.06. The van der Waals surface area contributed by atoms with E-state index in [-0.39, 0.29) is 53.0 Å². The number of benzene rings is 3. The number of carbonyl (C=O) groups is 1. The number of carbonyl (C=O) groups excluding carboxylic acids is 1. The number of nitrogens with zero attached hydrogens (tertiary/aromatic N) is 7. The van der Waals surface area contributed by atoms with Gasteiger partial charge in [0.15, 0.2) is 5.82 Å². The molecular formula is C42H37Cl2FN8O. The summed E-state index contributed by atoms with van der Waals surface area (Å²) in [5, 5.41) is 24.7. The molecule has 6 heterocycles. The first kappa shape index (κ1) is 33.7. The second-order valence-corrected chi connectivity index (χ2v) is 16.2. The van der Waals surface area contributed by atoms with E-state index < -0.39 is 5.82 Å². The minimum Gasteiger partial charge on any atom is -0.337 e. The zero-order chi connectivity index (χ0) is 36.8. The van der Waals surface area contributed by atoms with E-state index in [2.05, 4.69) is 37.2 Å². The molecule has 6 aromatic rings. The van der Waals surface area contributed by atoms with Gasteiger partial charge in [-0.25, -0.2) is 14.1 Å². The number of hydrogen-bond donors (Lipinski definition) is 1. The Balaban J connectivity index is 1.17. The zero-order valence-electron chi connectivity index (χ0n) is 29.6. The highest BCUT2D eigenvalue weighted by molar-refractivity contribution is 6.43. The van der Waals surface area contributed by atoms with E-state index in [1.165, 1.54) is 0 Å². The molecule has 5 unspecified atom stereocenters. The van der Waals surface area contributed by atoms with Crippen LogP contribution in [-0.2, 0) is 11.2 Å². The molecule has 2 saturated carbocycles. The van der Waals surface area contributed by atoms with Gasteiger partial charge in [0, 0.05) is 70.3 Å². The van der Waals surface area contributed by atoms with Crippen molar-refractivity contribution in [3.8, 4) is 28.5 Å². The Bertz CT molecular complexity index is 2530. The predicted molar refractivity (Wildman–Crippen MR) is 207 cm³/mol. The third kappa shape index (κ3) is 5.27. The minimum absolute atomic E-state index is 0.0408. The summed E-state index contributed by atoms with van der Waals surface area (Å²) in [6.07, 6.45) is 6.09. The van der Waals surface area contributed by atoms with Crippen molar-refractivity contribution >= 4 is 50.9 Å². The zero-order valence-corrected chi connectivity index (χ0v) is 31.2. The van der Waals surface area contributed by atoms with Gasteiger partial charge in [-0.15, -0.1) is 5.10 Å². The van der Waals surface area contributed by atoms with Crippen molar-refractivity contribution in [1.29, 1.82) is 5.26 Å². The summed E-state index contributed by atoms with van der Waals surface area (Å²) in [7, 11) is 0. The lowest BCUT2D eigenvalue weighted by Gasteiger charge is -2.39. The summed E-state index contributed by atoms with van der Waals surface area (Å²) in [6.45, 7) is 3.38. The van der Waals surface area contributed by atoms with Crippen LogP contribution in [0.3, 0.4) is 0 Å². The molecule has 9 nitrogen and oxygen atoms in total. The van der Waals surface area contributed by atoms with Gasteiger partial charge in [0.25, 0.3) is 0 Å². The summed E-state index contributed by atoms with van der Waals surface area (Å²) in [4.78, 5) is 21.2. The van der Waals surface area contributed by atoms with E-state index in [0.29, 0.717) is 58.1 Å². The van der Waals surface area contributed by atoms with Crippen LogP contribution in [0, 0.1) is 35.9 Å². The SMILES string of the molecule is Cc1nc2c(F)c(-c3cccc(Cl)c3Cl)c(CCC#N)cc2c2c1cc(C1CC(n3cc(-c4ccccc4)nn3)CN1C(=O)C1CC1)n2C1C2CNC1C2. The molecular weight excluding hydrogens is 722 g/mol. The summed E-state index contributed by atoms with van der Waals surface area (Å²) in [5.74, 6) is 0.156. The Labute approximate surface area is 321 Å². The molecule has 5 atom stereocenters. The first-order valence-electron chi connectivity index (χ1n) is 18.8. The van der Waals surface area contributed by atoms with Crippen LogP contribution in [0.4, 0.5) is 4.39 Å². The van der Waals surface area contributed by atoms with Gasteiger partial charge in [0.2, 0.25) is 5.91 Å². The molecule has 3 aromatic heterocycles. The molecule has 12 heteroatoms. The van der Waals surface area contributed by atoms with E-state index in [0.717, 1.165) is 53.7 Å². The molecule has 5 aliphatic rings. The number of amides is 1. The number of fused-ring (bicyclic) bond motifs is 4. The van der Waals surface area contributed by atoms with Gasteiger partial charge >= 0.3 is 0 Å². The van der Waals surface area contributed by atoms with Crippen LogP contribution in [-0.4, -0.2) is 54.5 Å². The highest BCUT2D eigenvalue weighted by atomic mass is 35.5. The van der Waals surface area contributed by atoms with Crippen LogP contribution < -0.4 is 5.32 Å². The molecule has 3 aliphatic heterocycles. The number of nitriles is 1. The summed E-state index contributed by atoms with van der Waals surface area (Å²) < 4.78 is 21.6. The summed E-state index contributed by atoms with van der Waals surface area (Å²) in [5.41, 5.74) is 6.20. The molecule has 2 bridgehead atoms. The van der Waals surface area contributed by atoms with E-state index in [1.807, 2.05) is 54.2 Å². The van der Waals surface area contributed by atoms with Crippen LogP contribution in [0.5, 0.6) is 0 Å². The van der Waals surface area contributed by atoms with Gasteiger partial charge in [-0.3, -0.25) is 4.79 Å². The first-order chi connectivity index (χ1) is 26.3. The maximum absolute atomic E-state index is 17.3. The molecule has 0 radical (unpaired) electrons. The van der Waals surface area contributed by atoms with Crippen molar-refractivity contribution in [2.45, 2.75) is 69.6 Å². The summed E-state index contributed by atoms with van der Waals surface area (Å²) in [6, 6.07) is 21.8. The molecule has 272 valence electrons. The van der Waals surface area contributed by atoms with Crippen molar-refractivity contribution in [3.63, 3.8) is 0 Å². The van der Waals surface area contributed by atoms with Crippen molar-refractivity contribution in [3.05, 3.63) is 99.7 Å². The van der Waals surface area contributed by atoms with Crippen LogP contribution in [0.2, 0.25) is 10.0 Å². The minimum atomic E-state index is -0.481. The van der Waals surface area contributed by atoms with Gasteiger partial charge in [0.1, 0.15) is 11.2 Å². The fourth-order valence-corrected chi connectivity index (χ4v) is 9.78. The number of likely N-dealkylation sites (tertiary alicyclic amines) is 1. The average Bonchev–Trinajstić information content (AvgIpc) is 3.67. The predicted octanol–water partition coefficient (Wildman–Crippen LogP) is 8.78. The summed E-state index contributed by atoms with van der Waals surface area (Å²) >= 11 is 13.1. The van der Waals surface area contributed by atoms with E-state index >= 15 is 4.39 Å². The second-order valence-electron chi connectivity index (χ2n) is 15.4. The van der Waals surface area contributed by atoms with Gasteiger partial charge in [-0.05, 0) is 68.7 Å². The Morgan fingerprint density at radius 2 is 1.91 bits per heavy atom. The standard InChI is InChI=1S/C42H37Cl2FN8O/c1-22-29-18-35(34-17-27(20-51(34)42(54)24-12-13-24)52-21-33(49-50-52)23-7-3-2-4-8-23)53(40-26-16-32(40)47-19-26)41(29)30-15-25(9-6-14-46)36(38(45)39(30)48-22)28-10-5-11-31(43)37(28)44/h2-5,7-8,10-11,15,18,21,24,26-27,32,34,40,47H,6,9,12-13,16-17,19-20H2,1H3. The van der Waals surface area contributed by atoms with Crippen LogP contribution >= 0.6 is 23.2 Å².